The first-order valence-corrected chi connectivity index (χ1v) is 12.3. The Morgan fingerprint density at radius 2 is 1.85 bits per heavy atom. The zero-order chi connectivity index (χ0) is 24.3. The number of nitrogens with one attached hydrogen (secondary N) is 2. The molecule has 3 fully saturated rings. The molecule has 1 aromatic heterocycles. The molecule has 0 saturated carbocycles. The van der Waals surface area contributed by atoms with Crippen LogP contribution in [-0.4, -0.2) is 77.4 Å². The minimum absolute atomic E-state index is 0.0300. The smallest absolute Gasteiger partial charge is 0.292 e. The molecule has 2 atom stereocenters. The van der Waals surface area contributed by atoms with E-state index in [1.165, 1.54) is 0 Å². The number of aromatic nitrogens is 1. The van der Waals surface area contributed by atoms with Gasteiger partial charge < -0.3 is 25.0 Å². The van der Waals surface area contributed by atoms with Gasteiger partial charge in [0.2, 0.25) is 23.5 Å². The molecule has 1 spiro atoms. The highest BCUT2D eigenvalue weighted by atomic mass is 16.5. The lowest BCUT2D eigenvalue weighted by molar-refractivity contribution is -0.137. The molecule has 0 aliphatic carbocycles. The Morgan fingerprint density at radius 3 is 2.53 bits per heavy atom. The van der Waals surface area contributed by atoms with Gasteiger partial charge in [0.15, 0.2) is 0 Å². The number of rotatable bonds is 1. The van der Waals surface area contributed by atoms with Gasteiger partial charge in [-0.3, -0.25) is 19.2 Å². The minimum atomic E-state index is -0.592. The van der Waals surface area contributed by atoms with Crippen LogP contribution in [-0.2, 0) is 14.4 Å². The third-order valence-corrected chi connectivity index (χ3v) is 7.74. The van der Waals surface area contributed by atoms with Gasteiger partial charge in [0.05, 0.1) is 17.7 Å². The first-order chi connectivity index (χ1) is 16.3. The number of hydrogen-bond acceptors (Lipinski definition) is 6. The lowest BCUT2D eigenvalue weighted by Crippen LogP contribution is -2.55. The summed E-state index contributed by atoms with van der Waals surface area (Å²) in [6, 6.07) is 1.65. The monoisotopic (exact) mass is 473 g/mol. The fourth-order valence-electron chi connectivity index (χ4n) is 5.63. The van der Waals surface area contributed by atoms with E-state index in [1.54, 1.807) is 24.8 Å². The van der Waals surface area contributed by atoms with Crippen molar-refractivity contribution in [1.29, 1.82) is 0 Å². The Hall–Kier alpha value is -2.91. The molecule has 4 rings (SSSR count). The fraction of sp³-hybridized carbons (Fsp3) is 0.708. The molecule has 10 nitrogen and oxygen atoms in total. The van der Waals surface area contributed by atoms with Gasteiger partial charge in [-0.25, -0.2) is 0 Å². The molecule has 0 radical (unpaired) electrons. The molecule has 2 N–H and O–H groups in total. The molecule has 0 aromatic carbocycles. The standard InChI is InChI=1S/C24H35N5O5/c1-16-13-20(34-27-16)22(32)28-11-8-24(9-12-28)7-4-3-5-18-15-29(17(2)30)10-6-19(18)26-21(31)14-25-23(24)33/h13,18-19H,3-12,14-15H2,1-2H3,(H,25,33)(H,26,31)/t18-,19+/m0/s1. The molecule has 3 saturated heterocycles. The van der Waals surface area contributed by atoms with Gasteiger partial charge in [-0.15, -0.1) is 0 Å². The summed E-state index contributed by atoms with van der Waals surface area (Å²) in [7, 11) is 0. The van der Waals surface area contributed by atoms with Crippen LogP contribution in [0, 0.1) is 18.3 Å². The molecule has 4 amide bonds. The molecular formula is C24H35N5O5. The van der Waals surface area contributed by atoms with Crippen LogP contribution in [0.2, 0.25) is 0 Å². The van der Waals surface area contributed by atoms with Crippen molar-refractivity contribution < 1.29 is 23.7 Å². The maximum Gasteiger partial charge on any atom is 0.292 e. The molecule has 1 aromatic rings. The van der Waals surface area contributed by atoms with Crippen LogP contribution in [0.15, 0.2) is 10.6 Å². The third-order valence-electron chi connectivity index (χ3n) is 7.74. The Bertz CT molecular complexity index is 936. The molecule has 3 aliphatic heterocycles. The molecule has 4 heterocycles. The number of fused-ring (bicyclic) bond motifs is 1. The van der Waals surface area contributed by atoms with Crippen LogP contribution in [0.4, 0.5) is 0 Å². The molecule has 3 aliphatic rings. The highest BCUT2D eigenvalue weighted by Gasteiger charge is 2.43. The first-order valence-electron chi connectivity index (χ1n) is 12.3. The van der Waals surface area contributed by atoms with Crippen molar-refractivity contribution in [3.63, 3.8) is 0 Å². The number of aryl methyl sites for hydroxylation is 1. The second-order valence-electron chi connectivity index (χ2n) is 10.0. The van der Waals surface area contributed by atoms with Gasteiger partial charge in [-0.2, -0.15) is 0 Å². The van der Waals surface area contributed by atoms with Crippen LogP contribution in [0.5, 0.6) is 0 Å². The lowest BCUT2D eigenvalue weighted by atomic mass is 9.73. The molecule has 0 unspecified atom stereocenters. The van der Waals surface area contributed by atoms with Gasteiger partial charge in [0.1, 0.15) is 0 Å². The van der Waals surface area contributed by atoms with E-state index >= 15 is 0 Å². The number of nitrogens with zero attached hydrogens (tertiary/aromatic N) is 3. The molecule has 10 heteroatoms. The number of carbonyl (C=O) groups excluding carboxylic acids is 4. The van der Waals surface area contributed by atoms with Crippen molar-refractivity contribution in [3.05, 3.63) is 17.5 Å². The highest BCUT2D eigenvalue weighted by Crippen LogP contribution is 2.38. The largest absolute Gasteiger partial charge is 0.351 e. The lowest BCUT2D eigenvalue weighted by Gasteiger charge is -2.42. The molecule has 34 heavy (non-hydrogen) atoms. The van der Waals surface area contributed by atoms with Gasteiger partial charge in [0, 0.05) is 45.2 Å². The minimum Gasteiger partial charge on any atom is -0.351 e. The van der Waals surface area contributed by atoms with Crippen LogP contribution >= 0.6 is 0 Å². The molecule has 0 bridgehead atoms. The maximum atomic E-state index is 13.2. The van der Waals surface area contributed by atoms with Gasteiger partial charge >= 0.3 is 0 Å². The predicted molar refractivity (Wildman–Crippen MR) is 123 cm³/mol. The summed E-state index contributed by atoms with van der Waals surface area (Å²) >= 11 is 0. The number of carbonyl (C=O) groups is 4. The Labute approximate surface area is 199 Å². The van der Waals surface area contributed by atoms with Crippen LogP contribution < -0.4 is 10.6 Å². The summed E-state index contributed by atoms with van der Waals surface area (Å²) in [5.74, 6) is 0.00973. The summed E-state index contributed by atoms with van der Waals surface area (Å²) in [6.45, 7) is 5.52. The first kappa shape index (κ1) is 24.2. The summed E-state index contributed by atoms with van der Waals surface area (Å²) < 4.78 is 5.12. The maximum absolute atomic E-state index is 13.2. The number of likely N-dealkylation sites (tertiary alicyclic amines) is 2. The van der Waals surface area contributed by atoms with Crippen molar-refractivity contribution in [2.75, 3.05) is 32.7 Å². The molecule has 186 valence electrons. The van der Waals surface area contributed by atoms with Crippen molar-refractivity contribution in [2.24, 2.45) is 11.3 Å². The van der Waals surface area contributed by atoms with E-state index in [1.807, 2.05) is 4.90 Å². The normalized spacial score (nSPS) is 26.1. The van der Waals surface area contributed by atoms with E-state index in [0.29, 0.717) is 44.7 Å². The van der Waals surface area contributed by atoms with Crippen molar-refractivity contribution in [2.45, 2.75) is 64.8 Å². The third kappa shape index (κ3) is 5.26. The Morgan fingerprint density at radius 1 is 1.09 bits per heavy atom. The highest BCUT2D eigenvalue weighted by molar-refractivity contribution is 5.92. The van der Waals surface area contributed by atoms with Crippen molar-refractivity contribution in [3.8, 4) is 0 Å². The molecular weight excluding hydrogens is 438 g/mol. The quantitative estimate of drug-likeness (QED) is 0.633. The Balaban J connectivity index is 1.41. The average molecular weight is 474 g/mol. The number of amides is 4. The average Bonchev–Trinajstić information content (AvgIpc) is 3.26. The number of piperidine rings is 2. The van der Waals surface area contributed by atoms with E-state index < -0.39 is 5.41 Å². The summed E-state index contributed by atoms with van der Waals surface area (Å²) in [4.78, 5) is 54.0. The van der Waals surface area contributed by atoms with Crippen LogP contribution in [0.25, 0.3) is 0 Å². The van der Waals surface area contributed by atoms with E-state index in [2.05, 4.69) is 15.8 Å². The zero-order valence-corrected chi connectivity index (χ0v) is 20.1. The zero-order valence-electron chi connectivity index (χ0n) is 20.1. The van der Waals surface area contributed by atoms with E-state index in [-0.39, 0.29) is 47.9 Å². The van der Waals surface area contributed by atoms with Crippen LogP contribution in [0.3, 0.4) is 0 Å². The van der Waals surface area contributed by atoms with Gasteiger partial charge in [-0.1, -0.05) is 18.0 Å². The van der Waals surface area contributed by atoms with Crippen molar-refractivity contribution in [1.82, 2.24) is 25.6 Å². The van der Waals surface area contributed by atoms with Crippen LogP contribution in [0.1, 0.15) is 68.1 Å². The number of hydrogen-bond donors (Lipinski definition) is 2. The fourth-order valence-corrected chi connectivity index (χ4v) is 5.63. The second kappa shape index (κ2) is 10.1. The summed E-state index contributed by atoms with van der Waals surface area (Å²) in [5.41, 5.74) is 0.0609. The SMILES string of the molecule is CC(=O)N1CC[C@H]2NC(=O)CNC(=O)C3(CCCC[C@H]2C1)CCN(C(=O)c1cc(C)no1)CC3. The Kier molecular flexibility index (Phi) is 7.23. The van der Waals surface area contributed by atoms with Gasteiger partial charge in [-0.05, 0) is 44.9 Å². The van der Waals surface area contributed by atoms with Gasteiger partial charge in [0.25, 0.3) is 5.91 Å². The van der Waals surface area contributed by atoms with E-state index in [4.69, 9.17) is 4.52 Å². The predicted octanol–water partition coefficient (Wildman–Crippen LogP) is 1.25. The van der Waals surface area contributed by atoms with E-state index in [9.17, 15) is 19.2 Å². The van der Waals surface area contributed by atoms with E-state index in [0.717, 1.165) is 32.1 Å². The second-order valence-corrected chi connectivity index (χ2v) is 10.0. The van der Waals surface area contributed by atoms with Crippen molar-refractivity contribution >= 4 is 23.6 Å². The summed E-state index contributed by atoms with van der Waals surface area (Å²) in [6.07, 6.45) is 5.27. The topological polar surface area (TPSA) is 125 Å². The summed E-state index contributed by atoms with van der Waals surface area (Å²) in [5, 5.41) is 9.74.